The van der Waals surface area contributed by atoms with Crippen LogP contribution in [0.25, 0.3) is 0 Å². The average molecular weight is 289 g/mol. The minimum Gasteiger partial charge on any atom is -0.443 e. The molecule has 1 aliphatic heterocycles. The van der Waals surface area contributed by atoms with Crippen LogP contribution in [0.5, 0.6) is 0 Å². The maximum absolute atomic E-state index is 12.1. The van der Waals surface area contributed by atoms with Crippen LogP contribution in [0, 0.1) is 0 Å². The summed E-state index contributed by atoms with van der Waals surface area (Å²) in [6, 6.07) is 9.99. The van der Waals surface area contributed by atoms with Gasteiger partial charge in [-0.15, -0.1) is 0 Å². The molecule has 1 atom stereocenters. The van der Waals surface area contributed by atoms with E-state index in [0.29, 0.717) is 19.6 Å². The van der Waals surface area contributed by atoms with Gasteiger partial charge in [0, 0.05) is 12.1 Å². The number of carbonyl (C=O) groups is 1. The second-order valence-corrected chi connectivity index (χ2v) is 6.28. The third-order valence-electron chi connectivity index (χ3n) is 3.17. The summed E-state index contributed by atoms with van der Waals surface area (Å²) in [7, 11) is 0. The Morgan fingerprint density at radius 3 is 2.62 bits per heavy atom. The van der Waals surface area contributed by atoms with Gasteiger partial charge in [-0.3, -0.25) is 4.90 Å². The van der Waals surface area contributed by atoms with E-state index in [0.717, 1.165) is 11.3 Å². The molecule has 0 N–H and O–H groups in total. The van der Waals surface area contributed by atoms with Crippen molar-refractivity contribution in [1.82, 2.24) is 4.90 Å². The molecule has 114 valence electrons. The van der Waals surface area contributed by atoms with Gasteiger partial charge in [-0.05, 0) is 26.3 Å². The highest BCUT2D eigenvalue weighted by atomic mass is 16.6. The first kappa shape index (κ1) is 15.6. The maximum Gasteiger partial charge on any atom is 0.414 e. The lowest BCUT2D eigenvalue weighted by Crippen LogP contribution is -2.35. The van der Waals surface area contributed by atoms with Gasteiger partial charge in [0.1, 0.15) is 5.60 Å². The van der Waals surface area contributed by atoms with E-state index < -0.39 is 5.60 Å². The first-order chi connectivity index (χ1) is 9.85. The number of amides is 1. The standard InChI is InChI=1S/C17H23NO3/c1-13-10-15(20-12-14-8-6-5-7-9-14)11-18(13)16(19)21-17(2,3)4/h5-9,15H,1,10-12H2,2-4H3. The molecule has 1 aliphatic rings. The zero-order valence-corrected chi connectivity index (χ0v) is 13.0. The first-order valence-electron chi connectivity index (χ1n) is 7.19. The molecule has 0 aromatic heterocycles. The van der Waals surface area contributed by atoms with Crippen LogP contribution in [0.4, 0.5) is 4.79 Å². The molecule has 1 amide bonds. The van der Waals surface area contributed by atoms with Crippen LogP contribution >= 0.6 is 0 Å². The number of likely N-dealkylation sites (tertiary alicyclic amines) is 1. The summed E-state index contributed by atoms with van der Waals surface area (Å²) in [5.74, 6) is 0. The van der Waals surface area contributed by atoms with Crippen LogP contribution in [0.1, 0.15) is 32.8 Å². The zero-order chi connectivity index (χ0) is 15.5. The van der Waals surface area contributed by atoms with Crippen molar-refractivity contribution in [2.75, 3.05) is 6.54 Å². The summed E-state index contributed by atoms with van der Waals surface area (Å²) in [6.45, 7) is 10.5. The van der Waals surface area contributed by atoms with Gasteiger partial charge < -0.3 is 9.47 Å². The monoisotopic (exact) mass is 289 g/mol. The lowest BCUT2D eigenvalue weighted by atomic mass is 10.2. The lowest BCUT2D eigenvalue weighted by Gasteiger charge is -2.24. The molecule has 0 spiro atoms. The molecule has 0 saturated carbocycles. The number of hydrogen-bond acceptors (Lipinski definition) is 3. The van der Waals surface area contributed by atoms with Gasteiger partial charge >= 0.3 is 6.09 Å². The van der Waals surface area contributed by atoms with Crippen molar-refractivity contribution in [1.29, 1.82) is 0 Å². The number of hydrogen-bond donors (Lipinski definition) is 0. The highest BCUT2D eigenvalue weighted by Gasteiger charge is 2.33. The van der Waals surface area contributed by atoms with Gasteiger partial charge in [-0.2, -0.15) is 0 Å². The van der Waals surface area contributed by atoms with Gasteiger partial charge in [0.25, 0.3) is 0 Å². The van der Waals surface area contributed by atoms with E-state index in [-0.39, 0.29) is 12.2 Å². The molecule has 1 aromatic rings. The second kappa shape index (κ2) is 6.31. The first-order valence-corrected chi connectivity index (χ1v) is 7.19. The van der Waals surface area contributed by atoms with Crippen molar-refractivity contribution >= 4 is 6.09 Å². The van der Waals surface area contributed by atoms with Crippen molar-refractivity contribution in [2.45, 2.75) is 45.5 Å². The average Bonchev–Trinajstić information content (AvgIpc) is 2.77. The SMILES string of the molecule is C=C1CC(OCc2ccccc2)CN1C(=O)OC(C)(C)C. The van der Waals surface area contributed by atoms with Crippen LogP contribution in [-0.4, -0.2) is 29.2 Å². The molecule has 4 nitrogen and oxygen atoms in total. The Kier molecular flexibility index (Phi) is 4.68. The molecule has 1 heterocycles. The number of nitrogens with zero attached hydrogens (tertiary/aromatic N) is 1. The number of rotatable bonds is 3. The largest absolute Gasteiger partial charge is 0.443 e. The summed E-state index contributed by atoms with van der Waals surface area (Å²) in [5.41, 5.74) is 1.38. The van der Waals surface area contributed by atoms with E-state index in [9.17, 15) is 4.79 Å². The molecule has 0 radical (unpaired) electrons. The molecular formula is C17H23NO3. The maximum atomic E-state index is 12.1. The Labute approximate surface area is 126 Å². The van der Waals surface area contributed by atoms with Crippen molar-refractivity contribution in [3.8, 4) is 0 Å². The Balaban J connectivity index is 1.86. The quantitative estimate of drug-likeness (QED) is 0.851. The van der Waals surface area contributed by atoms with Crippen molar-refractivity contribution < 1.29 is 14.3 Å². The van der Waals surface area contributed by atoms with Gasteiger partial charge in [0.05, 0.1) is 19.3 Å². The number of carbonyl (C=O) groups excluding carboxylic acids is 1. The van der Waals surface area contributed by atoms with Gasteiger partial charge in [0.2, 0.25) is 0 Å². The van der Waals surface area contributed by atoms with Crippen LogP contribution in [0.3, 0.4) is 0 Å². The zero-order valence-electron chi connectivity index (χ0n) is 13.0. The van der Waals surface area contributed by atoms with E-state index in [2.05, 4.69) is 6.58 Å². The summed E-state index contributed by atoms with van der Waals surface area (Å²) < 4.78 is 11.2. The number of ether oxygens (including phenoxy) is 2. The van der Waals surface area contributed by atoms with Crippen LogP contribution in [0.2, 0.25) is 0 Å². The van der Waals surface area contributed by atoms with E-state index >= 15 is 0 Å². The summed E-state index contributed by atoms with van der Waals surface area (Å²) >= 11 is 0. The van der Waals surface area contributed by atoms with E-state index in [1.807, 2.05) is 51.1 Å². The van der Waals surface area contributed by atoms with Crippen LogP contribution in [-0.2, 0) is 16.1 Å². The summed E-state index contributed by atoms with van der Waals surface area (Å²) in [6.07, 6.45) is 0.287. The third-order valence-corrected chi connectivity index (χ3v) is 3.17. The van der Waals surface area contributed by atoms with E-state index in [4.69, 9.17) is 9.47 Å². The Morgan fingerprint density at radius 2 is 2.00 bits per heavy atom. The molecule has 1 unspecified atom stereocenters. The topological polar surface area (TPSA) is 38.8 Å². The Hall–Kier alpha value is -1.81. The van der Waals surface area contributed by atoms with Crippen molar-refractivity contribution in [2.24, 2.45) is 0 Å². The van der Waals surface area contributed by atoms with Gasteiger partial charge in [-0.1, -0.05) is 36.9 Å². The fraction of sp³-hybridized carbons (Fsp3) is 0.471. The van der Waals surface area contributed by atoms with Gasteiger partial charge in [0.15, 0.2) is 0 Å². The molecule has 2 rings (SSSR count). The van der Waals surface area contributed by atoms with Gasteiger partial charge in [-0.25, -0.2) is 4.79 Å². The fourth-order valence-corrected chi connectivity index (χ4v) is 2.19. The molecule has 0 aliphatic carbocycles. The third kappa shape index (κ3) is 4.60. The van der Waals surface area contributed by atoms with Crippen molar-refractivity contribution in [3.63, 3.8) is 0 Å². The predicted molar refractivity (Wildman–Crippen MR) is 81.7 cm³/mol. The summed E-state index contributed by atoms with van der Waals surface area (Å²) in [5, 5.41) is 0. The molecular weight excluding hydrogens is 266 g/mol. The molecule has 0 bridgehead atoms. The normalized spacial score (nSPS) is 18.9. The van der Waals surface area contributed by atoms with E-state index in [1.54, 1.807) is 4.90 Å². The van der Waals surface area contributed by atoms with Crippen LogP contribution < -0.4 is 0 Å². The Morgan fingerprint density at radius 1 is 1.33 bits per heavy atom. The molecule has 21 heavy (non-hydrogen) atoms. The molecule has 1 aromatic carbocycles. The van der Waals surface area contributed by atoms with Crippen LogP contribution in [0.15, 0.2) is 42.6 Å². The molecule has 1 saturated heterocycles. The Bertz CT molecular complexity index is 505. The minimum absolute atomic E-state index is 0.0229. The molecule has 1 fully saturated rings. The number of benzene rings is 1. The van der Waals surface area contributed by atoms with Crippen molar-refractivity contribution in [3.05, 3.63) is 48.2 Å². The lowest BCUT2D eigenvalue weighted by molar-refractivity contribution is 0.0203. The minimum atomic E-state index is -0.500. The second-order valence-electron chi connectivity index (χ2n) is 6.28. The summed E-state index contributed by atoms with van der Waals surface area (Å²) in [4.78, 5) is 13.6. The fourth-order valence-electron chi connectivity index (χ4n) is 2.19. The molecule has 4 heteroatoms. The predicted octanol–water partition coefficient (Wildman–Crippen LogP) is 3.73. The highest BCUT2D eigenvalue weighted by molar-refractivity contribution is 5.71. The highest BCUT2D eigenvalue weighted by Crippen LogP contribution is 2.25. The van der Waals surface area contributed by atoms with E-state index in [1.165, 1.54) is 0 Å². The smallest absolute Gasteiger partial charge is 0.414 e.